The molecule has 1 aliphatic rings. The van der Waals surface area contributed by atoms with Gasteiger partial charge in [-0.2, -0.15) is 0 Å². The lowest BCUT2D eigenvalue weighted by Gasteiger charge is -1.99. The summed E-state index contributed by atoms with van der Waals surface area (Å²) in [4.78, 5) is 22.2. The van der Waals surface area contributed by atoms with E-state index in [0.29, 0.717) is 11.5 Å². The SMILES string of the molecule is O=C(O)CCC(=O)c1cc(-c2ccc3c(c2)OCO3)co1. The number of carboxylic acids is 1. The van der Waals surface area contributed by atoms with Crippen molar-refractivity contribution in [3.8, 4) is 22.6 Å². The monoisotopic (exact) mass is 288 g/mol. The zero-order valence-corrected chi connectivity index (χ0v) is 11.0. The summed E-state index contributed by atoms with van der Waals surface area (Å²) in [7, 11) is 0. The fourth-order valence-electron chi connectivity index (χ4n) is 2.05. The lowest BCUT2D eigenvalue weighted by Crippen LogP contribution is -2.02. The second kappa shape index (κ2) is 5.32. The van der Waals surface area contributed by atoms with E-state index in [1.807, 2.05) is 6.07 Å². The molecular formula is C15H12O6. The smallest absolute Gasteiger partial charge is 0.303 e. The molecule has 0 amide bonds. The number of carbonyl (C=O) groups excluding carboxylic acids is 1. The van der Waals surface area contributed by atoms with Gasteiger partial charge in [-0.25, -0.2) is 0 Å². The molecular weight excluding hydrogens is 276 g/mol. The number of rotatable bonds is 5. The molecule has 1 N–H and O–H groups in total. The lowest BCUT2D eigenvalue weighted by molar-refractivity contribution is -0.136. The Bertz CT molecular complexity index is 700. The number of aliphatic carboxylic acids is 1. The Kier molecular flexibility index (Phi) is 3.35. The van der Waals surface area contributed by atoms with Crippen LogP contribution < -0.4 is 9.47 Å². The molecule has 0 aliphatic carbocycles. The number of hydrogen-bond acceptors (Lipinski definition) is 5. The molecule has 1 aliphatic heterocycles. The zero-order valence-electron chi connectivity index (χ0n) is 11.0. The van der Waals surface area contributed by atoms with Gasteiger partial charge in [0.2, 0.25) is 6.79 Å². The first-order valence-corrected chi connectivity index (χ1v) is 6.37. The minimum Gasteiger partial charge on any atom is -0.481 e. The Morgan fingerprint density at radius 1 is 1.05 bits per heavy atom. The summed E-state index contributed by atoms with van der Waals surface area (Å²) in [5, 5.41) is 8.57. The quantitative estimate of drug-likeness (QED) is 0.851. The third kappa shape index (κ3) is 2.74. The van der Waals surface area contributed by atoms with Crippen LogP contribution in [0.15, 0.2) is 34.9 Å². The summed E-state index contributed by atoms with van der Waals surface area (Å²) < 4.78 is 15.7. The standard InChI is InChI=1S/C15H12O6/c16-11(2-4-15(17)18)13-6-10(7-19-13)9-1-3-12-14(5-9)21-8-20-12/h1,3,5-7H,2,4,8H2,(H,17,18). The summed E-state index contributed by atoms with van der Waals surface area (Å²) >= 11 is 0. The van der Waals surface area contributed by atoms with Crippen molar-refractivity contribution in [3.63, 3.8) is 0 Å². The molecule has 0 bridgehead atoms. The molecule has 1 aromatic carbocycles. The number of benzene rings is 1. The van der Waals surface area contributed by atoms with E-state index in [0.717, 1.165) is 11.1 Å². The Morgan fingerprint density at radius 3 is 2.67 bits per heavy atom. The topological polar surface area (TPSA) is 86.0 Å². The molecule has 6 nitrogen and oxygen atoms in total. The predicted octanol–water partition coefficient (Wildman–Crippen LogP) is 2.72. The Balaban J connectivity index is 1.78. The zero-order chi connectivity index (χ0) is 14.8. The first kappa shape index (κ1) is 13.2. The van der Waals surface area contributed by atoms with Crippen molar-refractivity contribution >= 4 is 11.8 Å². The van der Waals surface area contributed by atoms with Gasteiger partial charge in [0, 0.05) is 12.0 Å². The van der Waals surface area contributed by atoms with Crippen molar-refractivity contribution in [3.05, 3.63) is 36.3 Å². The Labute approximate surface area is 119 Å². The van der Waals surface area contributed by atoms with Gasteiger partial charge in [0.1, 0.15) is 0 Å². The second-order valence-corrected chi connectivity index (χ2v) is 4.58. The number of carbonyl (C=O) groups is 2. The molecule has 2 aromatic rings. The van der Waals surface area contributed by atoms with E-state index in [-0.39, 0.29) is 31.2 Å². The van der Waals surface area contributed by atoms with Gasteiger partial charge in [-0.05, 0) is 23.8 Å². The van der Waals surface area contributed by atoms with E-state index in [9.17, 15) is 9.59 Å². The fourth-order valence-corrected chi connectivity index (χ4v) is 2.05. The van der Waals surface area contributed by atoms with E-state index in [1.54, 1.807) is 18.2 Å². The molecule has 0 spiro atoms. The maximum absolute atomic E-state index is 11.8. The molecule has 0 unspecified atom stereocenters. The van der Waals surface area contributed by atoms with Crippen molar-refractivity contribution in [2.24, 2.45) is 0 Å². The fraction of sp³-hybridized carbons (Fsp3) is 0.200. The highest BCUT2D eigenvalue weighted by Gasteiger charge is 2.17. The highest BCUT2D eigenvalue weighted by molar-refractivity contribution is 5.96. The molecule has 0 saturated heterocycles. The molecule has 108 valence electrons. The van der Waals surface area contributed by atoms with Crippen LogP contribution >= 0.6 is 0 Å². The van der Waals surface area contributed by atoms with Crippen LogP contribution in [0.1, 0.15) is 23.4 Å². The van der Waals surface area contributed by atoms with Crippen LogP contribution in [0.2, 0.25) is 0 Å². The molecule has 6 heteroatoms. The first-order chi connectivity index (χ1) is 10.1. The van der Waals surface area contributed by atoms with Crippen LogP contribution in [-0.2, 0) is 4.79 Å². The van der Waals surface area contributed by atoms with Gasteiger partial charge in [0.25, 0.3) is 0 Å². The normalized spacial score (nSPS) is 12.4. The van der Waals surface area contributed by atoms with E-state index in [2.05, 4.69) is 0 Å². The van der Waals surface area contributed by atoms with Gasteiger partial charge < -0.3 is 19.0 Å². The average molecular weight is 288 g/mol. The molecule has 0 saturated carbocycles. The largest absolute Gasteiger partial charge is 0.481 e. The van der Waals surface area contributed by atoms with Crippen LogP contribution in [0.25, 0.3) is 11.1 Å². The van der Waals surface area contributed by atoms with Gasteiger partial charge in [-0.3, -0.25) is 9.59 Å². The van der Waals surface area contributed by atoms with E-state index in [1.165, 1.54) is 6.26 Å². The number of ether oxygens (including phenoxy) is 2. The van der Waals surface area contributed by atoms with Crippen LogP contribution in [-0.4, -0.2) is 23.7 Å². The van der Waals surface area contributed by atoms with Crippen LogP contribution in [0.5, 0.6) is 11.5 Å². The highest BCUT2D eigenvalue weighted by atomic mass is 16.7. The minimum absolute atomic E-state index is 0.0799. The van der Waals surface area contributed by atoms with Gasteiger partial charge in [0.15, 0.2) is 23.0 Å². The summed E-state index contributed by atoms with van der Waals surface area (Å²) in [5.74, 6) is 0.145. The molecule has 1 aromatic heterocycles. The van der Waals surface area contributed by atoms with Crippen LogP contribution in [0.4, 0.5) is 0 Å². The molecule has 2 heterocycles. The molecule has 0 radical (unpaired) electrons. The second-order valence-electron chi connectivity index (χ2n) is 4.58. The summed E-state index contributed by atoms with van der Waals surface area (Å²) in [5.41, 5.74) is 1.56. The highest BCUT2D eigenvalue weighted by Crippen LogP contribution is 2.36. The molecule has 21 heavy (non-hydrogen) atoms. The van der Waals surface area contributed by atoms with Crippen LogP contribution in [0.3, 0.4) is 0 Å². The third-order valence-corrected chi connectivity index (χ3v) is 3.15. The lowest BCUT2D eigenvalue weighted by atomic mass is 10.1. The number of furan rings is 1. The average Bonchev–Trinajstić information content (AvgIpc) is 3.12. The van der Waals surface area contributed by atoms with Crippen molar-refractivity contribution in [2.75, 3.05) is 6.79 Å². The molecule has 0 atom stereocenters. The van der Waals surface area contributed by atoms with Crippen LogP contribution in [0, 0.1) is 0 Å². The van der Waals surface area contributed by atoms with E-state index >= 15 is 0 Å². The van der Waals surface area contributed by atoms with Gasteiger partial charge >= 0.3 is 5.97 Å². The van der Waals surface area contributed by atoms with Gasteiger partial charge in [-0.1, -0.05) is 6.07 Å². The Hall–Kier alpha value is -2.76. The number of ketones is 1. The summed E-state index contributed by atoms with van der Waals surface area (Å²) in [6.45, 7) is 0.198. The number of Topliss-reactive ketones (excluding diaryl/α,β-unsaturated/α-hetero) is 1. The Morgan fingerprint density at radius 2 is 1.86 bits per heavy atom. The number of fused-ring (bicyclic) bond motifs is 1. The maximum Gasteiger partial charge on any atom is 0.303 e. The molecule has 0 fully saturated rings. The predicted molar refractivity (Wildman–Crippen MR) is 71.5 cm³/mol. The molecule has 3 rings (SSSR count). The summed E-state index contributed by atoms with van der Waals surface area (Å²) in [6.07, 6.45) is 1.17. The van der Waals surface area contributed by atoms with Crippen molar-refractivity contribution < 1.29 is 28.6 Å². The van der Waals surface area contributed by atoms with Gasteiger partial charge in [0.05, 0.1) is 12.7 Å². The van der Waals surface area contributed by atoms with Crippen molar-refractivity contribution in [2.45, 2.75) is 12.8 Å². The third-order valence-electron chi connectivity index (χ3n) is 3.15. The summed E-state index contributed by atoms with van der Waals surface area (Å²) in [6, 6.07) is 7.03. The maximum atomic E-state index is 11.8. The van der Waals surface area contributed by atoms with Crippen molar-refractivity contribution in [1.29, 1.82) is 0 Å². The number of hydrogen-bond donors (Lipinski definition) is 1. The first-order valence-electron chi connectivity index (χ1n) is 6.37. The number of carboxylic acid groups (broad SMARTS) is 1. The van der Waals surface area contributed by atoms with E-state index < -0.39 is 5.97 Å². The van der Waals surface area contributed by atoms with E-state index in [4.69, 9.17) is 19.0 Å². The minimum atomic E-state index is -1.01. The van der Waals surface area contributed by atoms with Crippen molar-refractivity contribution in [1.82, 2.24) is 0 Å². The van der Waals surface area contributed by atoms with Gasteiger partial charge in [-0.15, -0.1) is 0 Å².